The smallest absolute Gasteiger partial charge is 1.00 e. The van der Waals surface area contributed by atoms with E-state index in [2.05, 4.69) is 128 Å². The van der Waals surface area contributed by atoms with Crippen LogP contribution in [0.2, 0.25) is 0 Å². The Kier molecular flexibility index (Phi) is 10.7. The van der Waals surface area contributed by atoms with Crippen LogP contribution in [0.3, 0.4) is 0 Å². The van der Waals surface area contributed by atoms with E-state index >= 15 is 0 Å². The van der Waals surface area contributed by atoms with Gasteiger partial charge in [0.05, 0.1) is 0 Å². The zero-order valence-corrected chi connectivity index (χ0v) is 23.6. The largest absolute Gasteiger partial charge is 1.00 e. The summed E-state index contributed by atoms with van der Waals surface area (Å²) in [6, 6.07) is 27.3. The van der Waals surface area contributed by atoms with Gasteiger partial charge in [-0.1, -0.05) is 0 Å². The molecule has 0 aliphatic heterocycles. The van der Waals surface area contributed by atoms with Gasteiger partial charge in [-0.3, -0.25) is 0 Å². The number of benzene rings is 3. The van der Waals surface area contributed by atoms with Gasteiger partial charge in [-0.15, -0.1) is 0 Å². The number of allylic oxidation sites excluding steroid dienone is 4. The molecule has 3 aromatic carbocycles. The average Bonchev–Trinajstić information content (AvgIpc) is 2.97. The Hall–Kier alpha value is -1.28. The zero-order chi connectivity index (χ0) is 21.5. The molecule has 0 radical (unpaired) electrons. The van der Waals surface area contributed by atoms with Crippen molar-refractivity contribution in [1.82, 2.24) is 0 Å². The Morgan fingerprint density at radius 3 is 1.24 bits per heavy atom. The van der Waals surface area contributed by atoms with Crippen molar-refractivity contribution in [3.8, 4) is 0 Å². The Morgan fingerprint density at radius 1 is 0.606 bits per heavy atom. The fourth-order valence-corrected chi connectivity index (χ4v) is 5.40. The first kappa shape index (κ1) is 29.8. The second-order valence-electron chi connectivity index (χ2n) is 8.79. The molecule has 0 amide bonds. The monoisotopic (exact) mass is 530 g/mol. The molecule has 0 saturated heterocycles. The fourth-order valence-electron chi connectivity index (χ4n) is 5.03. The Labute approximate surface area is 229 Å². The molecule has 0 bridgehead atoms. The number of halogens is 3. The summed E-state index contributed by atoms with van der Waals surface area (Å²) in [6.07, 6.45) is 1.02. The van der Waals surface area contributed by atoms with Crippen molar-refractivity contribution in [1.29, 1.82) is 0 Å². The summed E-state index contributed by atoms with van der Waals surface area (Å²) in [5.41, 5.74) is 12.1. The third kappa shape index (κ3) is 5.37. The molecule has 3 aromatic rings. The minimum atomic E-state index is -0.298. The molecule has 0 spiro atoms. The third-order valence-electron chi connectivity index (χ3n) is 6.50. The van der Waals surface area contributed by atoms with Gasteiger partial charge in [0.2, 0.25) is 0 Å². The van der Waals surface area contributed by atoms with Crippen LogP contribution in [0, 0.1) is 20.8 Å². The Bertz CT molecular complexity index is 1080. The van der Waals surface area contributed by atoms with E-state index in [9.17, 15) is 0 Å². The third-order valence-corrected chi connectivity index (χ3v) is 7.75. The predicted molar refractivity (Wildman–Crippen MR) is 123 cm³/mol. The Balaban J connectivity index is 0.00000181. The van der Waals surface area contributed by atoms with Gasteiger partial charge in [0.15, 0.2) is 0 Å². The van der Waals surface area contributed by atoms with Crippen molar-refractivity contribution < 1.29 is 57.7 Å². The topological polar surface area (TPSA) is 0 Å². The fraction of sp³-hybridized carbons (Fsp3) is 0.241. The predicted octanol–water partition coefficient (Wildman–Crippen LogP) is -1.50. The second-order valence-corrected chi connectivity index (χ2v) is 9.57. The van der Waals surface area contributed by atoms with Gasteiger partial charge in [-0.2, -0.15) is 0 Å². The zero-order valence-electron chi connectivity index (χ0n) is 19.8. The van der Waals surface area contributed by atoms with Gasteiger partial charge in [-0.25, -0.2) is 0 Å². The van der Waals surface area contributed by atoms with E-state index in [0.717, 1.165) is 6.42 Å². The van der Waals surface area contributed by atoms with Gasteiger partial charge in [-0.05, 0) is 0 Å². The van der Waals surface area contributed by atoms with Crippen LogP contribution < -0.4 is 37.2 Å². The van der Waals surface area contributed by atoms with Crippen molar-refractivity contribution in [2.24, 2.45) is 0 Å². The molecule has 4 heteroatoms. The number of hydrogen-bond donors (Lipinski definition) is 0. The van der Waals surface area contributed by atoms with Gasteiger partial charge in [0.25, 0.3) is 0 Å². The standard InChI is InChI=1S/C29H29.3ClH.Ti/c1-20-9-6-12-25(16-20)29(26-13-7-10-21(2)17-26,27-14-8-11-22(3)18-27)28-19-23(4)15-24(28)5;;;;/h6-14,16-18H,19H2,1-5H3;3*1H;/q;;;;+3/p-3. The second kappa shape index (κ2) is 11.9. The summed E-state index contributed by atoms with van der Waals surface area (Å²) < 4.78 is 1.45. The van der Waals surface area contributed by atoms with E-state index in [0.29, 0.717) is 0 Å². The van der Waals surface area contributed by atoms with E-state index in [4.69, 9.17) is 0 Å². The van der Waals surface area contributed by atoms with Crippen LogP contribution in [-0.2, 0) is 25.9 Å². The van der Waals surface area contributed by atoms with Crippen molar-refractivity contribution in [3.05, 3.63) is 127 Å². The molecule has 0 nitrogen and oxygen atoms in total. The molecule has 0 N–H and O–H groups in total. The molecule has 1 aliphatic rings. The molecule has 0 saturated carbocycles. The van der Waals surface area contributed by atoms with E-state index in [1.807, 2.05) is 0 Å². The summed E-state index contributed by atoms with van der Waals surface area (Å²) in [7, 11) is 0. The molecular weight excluding hydrogens is 503 g/mol. The molecule has 0 unspecified atom stereocenters. The molecule has 4 rings (SSSR count). The summed E-state index contributed by atoms with van der Waals surface area (Å²) in [5.74, 6) is 0. The molecule has 0 heterocycles. The van der Waals surface area contributed by atoms with Crippen LogP contribution in [0.5, 0.6) is 0 Å². The first-order valence-corrected chi connectivity index (χ1v) is 11.5. The quantitative estimate of drug-likeness (QED) is 0.284. The maximum Gasteiger partial charge on any atom is -1.00 e. The number of hydrogen-bond acceptors (Lipinski definition) is 0. The molecule has 0 atom stereocenters. The van der Waals surface area contributed by atoms with Crippen LogP contribution in [0.1, 0.15) is 53.6 Å². The summed E-state index contributed by atoms with van der Waals surface area (Å²) in [5, 5.41) is 0. The van der Waals surface area contributed by atoms with Crippen molar-refractivity contribution in [2.75, 3.05) is 0 Å². The van der Waals surface area contributed by atoms with Gasteiger partial charge >= 0.3 is 194 Å². The van der Waals surface area contributed by atoms with Crippen LogP contribution in [0.25, 0.3) is 0 Å². The molecule has 0 aromatic heterocycles. The van der Waals surface area contributed by atoms with Gasteiger partial charge < -0.3 is 37.2 Å². The van der Waals surface area contributed by atoms with Gasteiger partial charge in [0, 0.05) is 0 Å². The maximum absolute atomic E-state index is 2.38. The van der Waals surface area contributed by atoms with E-state index in [1.165, 1.54) is 54.0 Å². The number of rotatable bonds is 4. The maximum atomic E-state index is 2.38. The molecule has 170 valence electrons. The number of aryl methyl sites for hydroxylation is 3. The van der Waals surface area contributed by atoms with E-state index in [-0.39, 0.29) is 42.6 Å². The first-order valence-electron chi connectivity index (χ1n) is 10.7. The van der Waals surface area contributed by atoms with Crippen molar-refractivity contribution in [2.45, 2.75) is 46.5 Å². The average molecular weight is 532 g/mol. The van der Waals surface area contributed by atoms with Crippen LogP contribution in [-0.4, -0.2) is 0 Å². The van der Waals surface area contributed by atoms with Gasteiger partial charge in [0.1, 0.15) is 0 Å². The molecule has 33 heavy (non-hydrogen) atoms. The van der Waals surface area contributed by atoms with Crippen LogP contribution >= 0.6 is 0 Å². The van der Waals surface area contributed by atoms with E-state index in [1.54, 1.807) is 0 Å². The molecule has 0 fully saturated rings. The normalized spacial score (nSPS) is 13.3. The SMILES string of the molecule is CC1=[C]([Ti+3])C(C)=C(C(c2cccc(C)c2)(c2cccc(C)c2)c2cccc(C)c2)C1.[Cl-].[Cl-].[Cl-]. The summed E-state index contributed by atoms with van der Waals surface area (Å²) >= 11 is 2.28. The minimum Gasteiger partial charge on any atom is -1.00 e. The summed E-state index contributed by atoms with van der Waals surface area (Å²) in [4.78, 5) is 0. The van der Waals surface area contributed by atoms with Crippen LogP contribution in [0.15, 0.2) is 93.4 Å². The molecule has 1 aliphatic carbocycles. The Morgan fingerprint density at radius 2 is 0.970 bits per heavy atom. The van der Waals surface area contributed by atoms with E-state index < -0.39 is 0 Å². The van der Waals surface area contributed by atoms with Crippen molar-refractivity contribution in [3.63, 3.8) is 0 Å². The van der Waals surface area contributed by atoms with Crippen LogP contribution in [0.4, 0.5) is 0 Å². The summed E-state index contributed by atoms with van der Waals surface area (Å²) in [6.45, 7) is 11.2. The minimum absolute atomic E-state index is 0. The molecular formula is C29H29Cl3Ti. The van der Waals surface area contributed by atoms with Crippen molar-refractivity contribution >= 4 is 0 Å². The first-order chi connectivity index (χ1) is 14.3.